The molecule has 1 fully saturated rings. The zero-order valence-electron chi connectivity index (χ0n) is 23.1. The third-order valence-electron chi connectivity index (χ3n) is 8.01. The maximum absolute atomic E-state index is 13.8. The fraction of sp³-hybridized carbons (Fsp3) is 0.250. The fourth-order valence-electron chi connectivity index (χ4n) is 5.70. The van der Waals surface area contributed by atoms with Crippen molar-refractivity contribution in [3.05, 3.63) is 128 Å². The highest BCUT2D eigenvalue weighted by Gasteiger charge is 2.22. The Hall–Kier alpha value is -4.76. The largest absolute Gasteiger partial charge is 0.369 e. The molecule has 0 bridgehead atoms. The number of piperazine rings is 1. The van der Waals surface area contributed by atoms with Gasteiger partial charge in [-0.05, 0) is 42.7 Å². The first-order chi connectivity index (χ1) is 19.9. The predicted octanol–water partition coefficient (Wildman–Crippen LogP) is 3.88. The number of para-hydroxylation sites is 1. The number of anilines is 1. The second kappa shape index (κ2) is 11.0. The Balaban J connectivity index is 1.20. The summed E-state index contributed by atoms with van der Waals surface area (Å²) in [5.74, 6) is 0.00215. The van der Waals surface area contributed by atoms with Gasteiger partial charge in [0, 0.05) is 49.5 Å². The maximum atomic E-state index is 13.8. The topological polar surface area (TPSA) is 107 Å². The Morgan fingerprint density at radius 3 is 2.39 bits per heavy atom. The van der Waals surface area contributed by atoms with Gasteiger partial charge in [-0.25, -0.2) is 9.78 Å². The number of imidazole rings is 1. The number of ketones is 1. The molecule has 1 aliphatic rings. The van der Waals surface area contributed by atoms with E-state index in [2.05, 4.69) is 55.1 Å². The van der Waals surface area contributed by atoms with E-state index in [0.29, 0.717) is 11.1 Å². The van der Waals surface area contributed by atoms with Gasteiger partial charge in [-0.2, -0.15) is 0 Å². The zero-order chi connectivity index (χ0) is 28.5. The average Bonchev–Trinajstić information content (AvgIpc) is 3.42. The normalized spacial score (nSPS) is 14.8. The molecule has 6 rings (SSSR count). The van der Waals surface area contributed by atoms with E-state index in [1.165, 1.54) is 5.69 Å². The van der Waals surface area contributed by atoms with Crippen molar-refractivity contribution in [1.29, 1.82) is 0 Å². The van der Waals surface area contributed by atoms with Gasteiger partial charge in [-0.1, -0.05) is 60.7 Å². The van der Waals surface area contributed by atoms with E-state index in [4.69, 9.17) is 0 Å². The summed E-state index contributed by atoms with van der Waals surface area (Å²) in [6.07, 6.45) is 1.55. The number of carbonyl (C=O) groups excluding carboxylic acids is 1. The minimum atomic E-state index is -0.589. The zero-order valence-corrected chi connectivity index (χ0v) is 23.1. The van der Waals surface area contributed by atoms with Crippen LogP contribution in [0.4, 0.5) is 5.69 Å². The lowest BCUT2D eigenvalue weighted by molar-refractivity contribution is 0.103. The van der Waals surface area contributed by atoms with Crippen LogP contribution in [0.25, 0.3) is 11.2 Å². The smallest absolute Gasteiger partial charge is 0.327 e. The lowest BCUT2D eigenvalue weighted by Crippen LogP contribution is -2.46. The Labute approximate surface area is 237 Å². The standard InChI is InChI=1S/C32H32N6O3/c1-21-18-23(22(2)38-20-33-30-28(38)31(40)35-32(41)34-30)12-13-26(21)29(39)27-11-7-6-8-24(27)19-36-14-16-37(17-15-36)25-9-4-3-5-10-25/h3-13,18,20,22H,14-17,19H2,1-2H3,(H2,34,35,40,41). The molecule has 0 amide bonds. The summed E-state index contributed by atoms with van der Waals surface area (Å²) in [5, 5.41) is 0. The molecular weight excluding hydrogens is 516 g/mol. The lowest BCUT2D eigenvalue weighted by atomic mass is 9.93. The van der Waals surface area contributed by atoms with Crippen molar-refractivity contribution < 1.29 is 4.79 Å². The van der Waals surface area contributed by atoms with Gasteiger partial charge in [0.1, 0.15) is 0 Å². The molecule has 1 saturated heterocycles. The van der Waals surface area contributed by atoms with Crippen LogP contribution in [0.1, 0.15) is 45.6 Å². The Bertz CT molecular complexity index is 1830. The molecule has 0 saturated carbocycles. The summed E-state index contributed by atoms with van der Waals surface area (Å²) in [6.45, 7) is 8.38. The van der Waals surface area contributed by atoms with Crippen molar-refractivity contribution in [3.63, 3.8) is 0 Å². The first-order valence-corrected chi connectivity index (χ1v) is 13.8. The Kier molecular flexibility index (Phi) is 7.11. The van der Waals surface area contributed by atoms with Gasteiger partial charge in [0.15, 0.2) is 16.9 Å². The number of aromatic nitrogens is 4. The molecule has 1 atom stereocenters. The Morgan fingerprint density at radius 2 is 1.63 bits per heavy atom. The third kappa shape index (κ3) is 5.24. The number of nitrogens with zero attached hydrogens (tertiary/aromatic N) is 4. The molecule has 0 radical (unpaired) electrons. The van der Waals surface area contributed by atoms with Crippen LogP contribution in [0.2, 0.25) is 0 Å². The van der Waals surface area contributed by atoms with Crippen LogP contribution in [-0.4, -0.2) is 56.4 Å². The molecule has 41 heavy (non-hydrogen) atoms. The molecule has 3 heterocycles. The number of H-pyrrole nitrogens is 2. The van der Waals surface area contributed by atoms with Crippen LogP contribution in [0, 0.1) is 6.92 Å². The van der Waals surface area contributed by atoms with E-state index in [1.54, 1.807) is 10.9 Å². The van der Waals surface area contributed by atoms with Gasteiger partial charge in [0.25, 0.3) is 5.56 Å². The van der Waals surface area contributed by atoms with Gasteiger partial charge >= 0.3 is 5.69 Å². The van der Waals surface area contributed by atoms with Gasteiger partial charge in [-0.3, -0.25) is 24.5 Å². The van der Waals surface area contributed by atoms with E-state index in [9.17, 15) is 14.4 Å². The van der Waals surface area contributed by atoms with E-state index in [1.807, 2.05) is 56.3 Å². The molecule has 1 aliphatic heterocycles. The fourth-order valence-corrected chi connectivity index (χ4v) is 5.70. The third-order valence-corrected chi connectivity index (χ3v) is 8.01. The highest BCUT2D eigenvalue weighted by Crippen LogP contribution is 2.26. The summed E-state index contributed by atoms with van der Waals surface area (Å²) >= 11 is 0. The Morgan fingerprint density at radius 1 is 0.902 bits per heavy atom. The average molecular weight is 549 g/mol. The van der Waals surface area contributed by atoms with Crippen LogP contribution >= 0.6 is 0 Å². The molecule has 0 aliphatic carbocycles. The van der Waals surface area contributed by atoms with Crippen molar-refractivity contribution in [1.82, 2.24) is 24.4 Å². The monoisotopic (exact) mass is 548 g/mol. The molecule has 1 unspecified atom stereocenters. The quantitative estimate of drug-likeness (QED) is 0.299. The van der Waals surface area contributed by atoms with Crippen molar-refractivity contribution >= 4 is 22.6 Å². The predicted molar refractivity (Wildman–Crippen MR) is 160 cm³/mol. The maximum Gasteiger partial charge on any atom is 0.327 e. The van der Waals surface area contributed by atoms with Gasteiger partial charge in [-0.15, -0.1) is 0 Å². The van der Waals surface area contributed by atoms with Crippen molar-refractivity contribution in [3.8, 4) is 0 Å². The molecule has 5 aromatic rings. The lowest BCUT2D eigenvalue weighted by Gasteiger charge is -2.36. The molecule has 208 valence electrons. The summed E-state index contributed by atoms with van der Waals surface area (Å²) < 4.78 is 1.73. The second-order valence-corrected chi connectivity index (χ2v) is 10.6. The van der Waals surface area contributed by atoms with Crippen molar-refractivity contribution in [2.75, 3.05) is 31.1 Å². The number of hydrogen-bond donors (Lipinski definition) is 2. The SMILES string of the molecule is Cc1cc(C(C)n2cnc3[nH]c(=O)[nH]c(=O)c32)ccc1C(=O)c1ccccc1CN1CCN(c2ccccc2)CC1. The minimum absolute atomic E-state index is 0.00215. The van der Waals surface area contributed by atoms with Gasteiger partial charge in [0.2, 0.25) is 0 Å². The number of nitrogens with one attached hydrogen (secondary N) is 2. The van der Waals surface area contributed by atoms with E-state index < -0.39 is 11.2 Å². The highest BCUT2D eigenvalue weighted by molar-refractivity contribution is 6.10. The number of benzene rings is 3. The summed E-state index contributed by atoms with van der Waals surface area (Å²) in [5.41, 5.74) is 4.90. The van der Waals surface area contributed by atoms with E-state index in [0.717, 1.165) is 55.0 Å². The first kappa shape index (κ1) is 26.5. The van der Waals surface area contributed by atoms with Crippen molar-refractivity contribution in [2.24, 2.45) is 0 Å². The number of fused-ring (bicyclic) bond motifs is 1. The van der Waals surface area contributed by atoms with Crippen LogP contribution in [-0.2, 0) is 6.54 Å². The van der Waals surface area contributed by atoms with E-state index in [-0.39, 0.29) is 17.5 Å². The number of hydrogen-bond acceptors (Lipinski definition) is 6. The summed E-state index contributed by atoms with van der Waals surface area (Å²) in [7, 11) is 0. The second-order valence-electron chi connectivity index (χ2n) is 10.6. The molecule has 2 aromatic heterocycles. The number of aryl methyl sites for hydroxylation is 1. The molecule has 9 nitrogen and oxygen atoms in total. The summed E-state index contributed by atoms with van der Waals surface area (Å²) in [6, 6.07) is 23.9. The van der Waals surface area contributed by atoms with Crippen LogP contribution < -0.4 is 16.1 Å². The molecule has 9 heteroatoms. The van der Waals surface area contributed by atoms with Crippen LogP contribution in [0.15, 0.2) is 88.7 Å². The van der Waals surface area contributed by atoms with Gasteiger partial charge < -0.3 is 9.47 Å². The molecule has 2 N–H and O–H groups in total. The van der Waals surface area contributed by atoms with Crippen LogP contribution in [0.3, 0.4) is 0 Å². The summed E-state index contributed by atoms with van der Waals surface area (Å²) in [4.78, 5) is 51.7. The highest BCUT2D eigenvalue weighted by atomic mass is 16.2. The molecule has 3 aromatic carbocycles. The number of carbonyl (C=O) groups is 1. The molecular formula is C32H32N6O3. The first-order valence-electron chi connectivity index (χ1n) is 13.8. The number of rotatable bonds is 7. The van der Waals surface area contributed by atoms with Gasteiger partial charge in [0.05, 0.1) is 12.4 Å². The van der Waals surface area contributed by atoms with E-state index >= 15 is 0 Å². The molecule has 0 spiro atoms. The van der Waals surface area contributed by atoms with Crippen LogP contribution in [0.5, 0.6) is 0 Å². The van der Waals surface area contributed by atoms with Crippen molar-refractivity contribution in [2.45, 2.75) is 26.4 Å². The minimum Gasteiger partial charge on any atom is -0.369 e. The number of aromatic amines is 2.